The van der Waals surface area contributed by atoms with Crippen molar-refractivity contribution in [3.8, 4) is 0 Å². The van der Waals surface area contributed by atoms with Crippen LogP contribution in [0.5, 0.6) is 0 Å². The molecule has 0 N–H and O–H groups in total. The van der Waals surface area contributed by atoms with Crippen LogP contribution in [0.4, 0.5) is 0 Å². The van der Waals surface area contributed by atoms with Crippen molar-refractivity contribution in [1.82, 2.24) is 9.80 Å². The van der Waals surface area contributed by atoms with Gasteiger partial charge in [0.2, 0.25) is 0 Å². The summed E-state index contributed by atoms with van der Waals surface area (Å²) in [5, 5.41) is 0.840. The lowest BCUT2D eigenvalue weighted by atomic mass is 9.96. The number of benzene rings is 3. The van der Waals surface area contributed by atoms with Crippen molar-refractivity contribution in [2.45, 2.75) is 27.1 Å². The average molecular weight is 540 g/mol. The van der Waals surface area contributed by atoms with E-state index >= 15 is 0 Å². The van der Waals surface area contributed by atoms with Gasteiger partial charge in [-0.2, -0.15) is 0 Å². The van der Waals surface area contributed by atoms with Crippen LogP contribution in [0.25, 0.3) is 0 Å². The van der Waals surface area contributed by atoms with Crippen molar-refractivity contribution in [1.29, 1.82) is 0 Å². The van der Waals surface area contributed by atoms with Gasteiger partial charge in [0.05, 0.1) is 0 Å². The monoisotopic (exact) mass is 538 g/mol. The highest BCUT2D eigenvalue weighted by atomic mass is 35.5. The van der Waals surface area contributed by atoms with Gasteiger partial charge in [-0.05, 0) is 53.9 Å². The molecule has 1 unspecified atom stereocenters. The molecule has 1 fully saturated rings. The molecule has 176 valence electrons. The van der Waals surface area contributed by atoms with Crippen molar-refractivity contribution in [2.75, 3.05) is 38.5 Å². The number of hydrogen-bond acceptors (Lipinski definition) is 4. The summed E-state index contributed by atoms with van der Waals surface area (Å²) in [5.41, 5.74) is 2.84. The fourth-order valence-electron chi connectivity index (χ4n) is 4.52. The molecule has 1 saturated heterocycles. The third-order valence-electron chi connectivity index (χ3n) is 6.20. The van der Waals surface area contributed by atoms with Crippen LogP contribution in [0, 0.1) is 0 Å². The maximum absolute atomic E-state index is 6.44. The summed E-state index contributed by atoms with van der Waals surface area (Å²) in [5.74, 6) is 1.15. The average Bonchev–Trinajstić information content (AvgIpc) is 2.97. The zero-order chi connectivity index (χ0) is 21.0. The van der Waals surface area contributed by atoms with Gasteiger partial charge in [-0.25, -0.2) is 0 Å². The molecular formula is C26H29Cl3N2S2. The minimum Gasteiger partial charge on any atom is -0.300 e. The van der Waals surface area contributed by atoms with Gasteiger partial charge in [0.15, 0.2) is 0 Å². The molecular weight excluding hydrogens is 511 g/mol. The van der Waals surface area contributed by atoms with E-state index < -0.39 is 0 Å². The van der Waals surface area contributed by atoms with Crippen LogP contribution >= 0.6 is 59.9 Å². The summed E-state index contributed by atoms with van der Waals surface area (Å²) in [4.78, 5) is 9.39. The van der Waals surface area contributed by atoms with E-state index in [0.717, 1.165) is 49.9 Å². The molecule has 33 heavy (non-hydrogen) atoms. The summed E-state index contributed by atoms with van der Waals surface area (Å²) < 4.78 is 0. The molecule has 0 spiro atoms. The molecule has 0 aromatic heterocycles. The summed E-state index contributed by atoms with van der Waals surface area (Å²) >= 11 is 10.3. The molecule has 0 radical (unpaired) electrons. The number of nitrogens with zero attached hydrogens (tertiary/aromatic N) is 2. The molecule has 3 aromatic carbocycles. The maximum atomic E-state index is 6.44. The number of halogens is 3. The number of thioether (sulfide) groups is 1. The fraction of sp³-hybridized carbons (Fsp3) is 0.308. The standard InChI is InChI=1S/C26H27ClN2S2.2ClH/c27-21-10-11-26-23(19-21)24(18-20-6-4-5-9-25(20)31-26)29-14-12-28(13-15-29)16-17-30-22-7-2-1-3-8-22;;/h1-11,19,24H,12-18H2;2*1H. The Kier molecular flexibility index (Phi) is 10.3. The SMILES string of the molecule is Cl.Cl.Clc1ccc2c(c1)C(N1CCN(CCSc3ccccc3)CC1)Cc1ccccc1S2. The molecule has 2 aliphatic rings. The van der Waals surface area contributed by atoms with Gasteiger partial charge >= 0.3 is 0 Å². The smallest absolute Gasteiger partial charge is 0.0410 e. The summed E-state index contributed by atoms with van der Waals surface area (Å²) in [6.45, 7) is 5.64. The molecule has 1 atom stereocenters. The molecule has 2 nitrogen and oxygen atoms in total. The van der Waals surface area contributed by atoms with E-state index in [2.05, 4.69) is 76.5 Å². The van der Waals surface area contributed by atoms with Gasteiger partial charge < -0.3 is 0 Å². The summed E-state index contributed by atoms with van der Waals surface area (Å²) in [7, 11) is 0. The first-order chi connectivity index (χ1) is 15.3. The van der Waals surface area contributed by atoms with Gasteiger partial charge in [-0.15, -0.1) is 36.6 Å². The molecule has 3 aromatic rings. The van der Waals surface area contributed by atoms with Crippen molar-refractivity contribution in [3.05, 3.63) is 88.9 Å². The molecule has 2 aliphatic heterocycles. The zero-order valence-electron chi connectivity index (χ0n) is 18.4. The first-order valence-corrected chi connectivity index (χ1v) is 13.1. The van der Waals surface area contributed by atoms with Crippen molar-refractivity contribution < 1.29 is 0 Å². The van der Waals surface area contributed by atoms with E-state index in [4.69, 9.17) is 11.6 Å². The zero-order valence-corrected chi connectivity index (χ0v) is 22.4. The second kappa shape index (κ2) is 12.7. The second-order valence-corrected chi connectivity index (χ2v) is 10.8. The Morgan fingerprint density at radius 2 is 1.58 bits per heavy atom. The van der Waals surface area contributed by atoms with Crippen molar-refractivity contribution in [3.63, 3.8) is 0 Å². The molecule has 0 amide bonds. The second-order valence-electron chi connectivity index (χ2n) is 8.15. The highest BCUT2D eigenvalue weighted by Crippen LogP contribution is 2.43. The normalized spacial score (nSPS) is 18.3. The van der Waals surface area contributed by atoms with Gasteiger partial charge in [0, 0.05) is 64.2 Å². The highest BCUT2D eigenvalue weighted by Gasteiger charge is 2.30. The number of rotatable bonds is 5. The molecule has 0 aliphatic carbocycles. The van der Waals surface area contributed by atoms with Crippen LogP contribution in [0.3, 0.4) is 0 Å². The molecule has 0 saturated carbocycles. The minimum atomic E-state index is 0. The van der Waals surface area contributed by atoms with Gasteiger partial charge in [-0.3, -0.25) is 9.80 Å². The first-order valence-electron chi connectivity index (χ1n) is 11.0. The fourth-order valence-corrected chi connectivity index (χ4v) is 6.75. The number of piperazine rings is 1. The Labute approximate surface area is 223 Å². The van der Waals surface area contributed by atoms with Crippen LogP contribution in [-0.4, -0.2) is 48.3 Å². The number of hydrogen-bond donors (Lipinski definition) is 0. The Morgan fingerprint density at radius 1 is 0.848 bits per heavy atom. The maximum Gasteiger partial charge on any atom is 0.0410 e. The predicted octanol–water partition coefficient (Wildman–Crippen LogP) is 7.34. The molecule has 0 bridgehead atoms. The van der Waals surface area contributed by atoms with Gasteiger partial charge in [-0.1, -0.05) is 59.8 Å². The van der Waals surface area contributed by atoms with E-state index in [1.54, 1.807) is 0 Å². The van der Waals surface area contributed by atoms with Gasteiger partial charge in [0.25, 0.3) is 0 Å². The molecule has 7 heteroatoms. The summed E-state index contributed by atoms with van der Waals surface area (Å²) in [6.07, 6.45) is 1.06. The Bertz CT molecular complexity index is 1030. The van der Waals surface area contributed by atoms with E-state index in [1.165, 1.54) is 25.8 Å². The Morgan fingerprint density at radius 3 is 2.36 bits per heavy atom. The topological polar surface area (TPSA) is 6.48 Å². The lowest BCUT2D eigenvalue weighted by molar-refractivity contribution is 0.0984. The third-order valence-corrected chi connectivity index (χ3v) is 8.64. The van der Waals surface area contributed by atoms with Crippen LogP contribution in [0.15, 0.2) is 87.5 Å². The minimum absolute atomic E-state index is 0. The highest BCUT2D eigenvalue weighted by molar-refractivity contribution is 7.99. The first kappa shape index (κ1) is 26.7. The van der Waals surface area contributed by atoms with Crippen LogP contribution in [0.2, 0.25) is 5.02 Å². The largest absolute Gasteiger partial charge is 0.300 e. The van der Waals surface area contributed by atoms with Crippen LogP contribution in [-0.2, 0) is 6.42 Å². The molecule has 5 rings (SSSR count). The molecule has 2 heterocycles. The Hall–Kier alpha value is -0.850. The van der Waals surface area contributed by atoms with E-state index in [0.29, 0.717) is 6.04 Å². The Balaban J connectivity index is 0.00000153. The van der Waals surface area contributed by atoms with Crippen LogP contribution in [0.1, 0.15) is 17.2 Å². The summed E-state index contributed by atoms with van der Waals surface area (Å²) in [6, 6.07) is 26.4. The lowest BCUT2D eigenvalue weighted by Gasteiger charge is -2.39. The van der Waals surface area contributed by atoms with E-state index in [9.17, 15) is 0 Å². The van der Waals surface area contributed by atoms with Crippen molar-refractivity contribution >= 4 is 59.9 Å². The van der Waals surface area contributed by atoms with E-state index in [-0.39, 0.29) is 24.8 Å². The quantitative estimate of drug-likeness (QED) is 0.313. The van der Waals surface area contributed by atoms with Crippen molar-refractivity contribution in [2.24, 2.45) is 0 Å². The number of fused-ring (bicyclic) bond motifs is 2. The van der Waals surface area contributed by atoms with Gasteiger partial charge in [0.1, 0.15) is 0 Å². The predicted molar refractivity (Wildman–Crippen MR) is 148 cm³/mol. The lowest BCUT2D eigenvalue weighted by Crippen LogP contribution is -2.48. The van der Waals surface area contributed by atoms with E-state index in [1.807, 2.05) is 29.6 Å². The third kappa shape index (κ3) is 6.64. The van der Waals surface area contributed by atoms with Crippen LogP contribution < -0.4 is 0 Å².